The number of rotatable bonds is 0. The SMILES string of the molecule is Cn1nc(I)c2c(Cl)nc(I)c(Cl)c21. The van der Waals surface area contributed by atoms with Gasteiger partial charge in [-0.1, -0.05) is 23.2 Å². The second kappa shape index (κ2) is 3.91. The molecule has 2 aromatic rings. The van der Waals surface area contributed by atoms with Gasteiger partial charge in [-0.3, -0.25) is 4.68 Å². The molecule has 7 heteroatoms. The summed E-state index contributed by atoms with van der Waals surface area (Å²) in [6.45, 7) is 0. The molecule has 0 aliphatic carbocycles. The van der Waals surface area contributed by atoms with Crippen molar-refractivity contribution in [3.8, 4) is 0 Å². The molecule has 0 saturated heterocycles. The lowest BCUT2D eigenvalue weighted by molar-refractivity contribution is 0.787. The lowest BCUT2D eigenvalue weighted by Gasteiger charge is -2.01. The Bertz CT molecular complexity index is 523. The van der Waals surface area contributed by atoms with Crippen LogP contribution < -0.4 is 0 Å². The number of pyridine rings is 1. The fraction of sp³-hybridized carbons (Fsp3) is 0.143. The van der Waals surface area contributed by atoms with Crippen molar-refractivity contribution in [1.82, 2.24) is 14.8 Å². The van der Waals surface area contributed by atoms with Crippen LogP contribution >= 0.6 is 68.4 Å². The van der Waals surface area contributed by atoms with E-state index in [0.717, 1.165) is 14.6 Å². The van der Waals surface area contributed by atoms with Gasteiger partial charge < -0.3 is 0 Å². The summed E-state index contributed by atoms with van der Waals surface area (Å²) in [6.07, 6.45) is 0. The van der Waals surface area contributed by atoms with Crippen molar-refractivity contribution in [2.24, 2.45) is 7.05 Å². The van der Waals surface area contributed by atoms with Crippen LogP contribution in [-0.4, -0.2) is 14.8 Å². The maximum absolute atomic E-state index is 6.12. The van der Waals surface area contributed by atoms with Crippen molar-refractivity contribution in [1.29, 1.82) is 0 Å². The lowest BCUT2D eigenvalue weighted by atomic mass is 10.3. The molecule has 3 nitrogen and oxygen atoms in total. The quantitative estimate of drug-likeness (QED) is 0.452. The molecule has 0 aromatic carbocycles. The third-order valence-electron chi connectivity index (χ3n) is 1.80. The van der Waals surface area contributed by atoms with E-state index in [9.17, 15) is 0 Å². The highest BCUT2D eigenvalue weighted by atomic mass is 127. The van der Waals surface area contributed by atoms with Gasteiger partial charge in [0.1, 0.15) is 12.6 Å². The highest BCUT2D eigenvalue weighted by molar-refractivity contribution is 14.1. The molecule has 0 radical (unpaired) electrons. The van der Waals surface area contributed by atoms with Crippen LogP contribution in [0.2, 0.25) is 10.2 Å². The number of aryl methyl sites for hydroxylation is 1. The Balaban J connectivity index is 3.05. The van der Waals surface area contributed by atoms with Crippen LogP contribution in [0.15, 0.2) is 0 Å². The summed E-state index contributed by atoms with van der Waals surface area (Å²) in [5, 5.41) is 6.11. The summed E-state index contributed by atoms with van der Waals surface area (Å²) in [5.74, 6) is 0. The lowest BCUT2D eigenvalue weighted by Crippen LogP contribution is -1.92. The average Bonchev–Trinajstić information content (AvgIpc) is 2.38. The monoisotopic (exact) mass is 453 g/mol. The van der Waals surface area contributed by atoms with Crippen LogP contribution in [0.3, 0.4) is 0 Å². The summed E-state index contributed by atoms with van der Waals surface area (Å²) in [6, 6.07) is 0. The van der Waals surface area contributed by atoms with Crippen molar-refractivity contribution in [2.75, 3.05) is 0 Å². The number of aromatic nitrogens is 3. The van der Waals surface area contributed by atoms with Crippen molar-refractivity contribution in [3.05, 3.63) is 17.6 Å². The Labute approximate surface area is 117 Å². The van der Waals surface area contributed by atoms with E-state index in [0.29, 0.717) is 13.9 Å². The van der Waals surface area contributed by atoms with Crippen LogP contribution in [0.4, 0.5) is 0 Å². The number of halogens is 4. The van der Waals surface area contributed by atoms with Crippen LogP contribution in [0.1, 0.15) is 0 Å². The van der Waals surface area contributed by atoms with E-state index >= 15 is 0 Å². The average molecular weight is 454 g/mol. The van der Waals surface area contributed by atoms with Crippen molar-refractivity contribution < 1.29 is 0 Å². The molecule has 0 fully saturated rings. The van der Waals surface area contributed by atoms with Gasteiger partial charge in [0.15, 0.2) is 0 Å². The third kappa shape index (κ3) is 1.61. The van der Waals surface area contributed by atoms with E-state index in [1.54, 1.807) is 4.68 Å². The van der Waals surface area contributed by atoms with E-state index in [1.807, 2.05) is 7.05 Å². The van der Waals surface area contributed by atoms with E-state index < -0.39 is 0 Å². The van der Waals surface area contributed by atoms with Crippen LogP contribution in [0, 0.1) is 7.40 Å². The number of hydrogen-bond acceptors (Lipinski definition) is 2. The van der Waals surface area contributed by atoms with E-state index in [1.165, 1.54) is 0 Å². The zero-order valence-electron chi connectivity index (χ0n) is 6.85. The Hall–Kier alpha value is 0.660. The van der Waals surface area contributed by atoms with Gasteiger partial charge >= 0.3 is 0 Å². The molecule has 0 atom stereocenters. The minimum Gasteiger partial charge on any atom is -0.265 e. The minimum atomic E-state index is 0.450. The van der Waals surface area contributed by atoms with Gasteiger partial charge in [-0.05, 0) is 45.2 Å². The molecule has 0 spiro atoms. The fourth-order valence-corrected chi connectivity index (χ4v) is 3.37. The number of hydrogen-bond donors (Lipinski definition) is 0. The number of nitrogens with zero attached hydrogens (tertiary/aromatic N) is 3. The van der Waals surface area contributed by atoms with Gasteiger partial charge in [0.25, 0.3) is 0 Å². The smallest absolute Gasteiger partial charge is 0.142 e. The summed E-state index contributed by atoms with van der Waals surface area (Å²) >= 11 is 16.3. The Morgan fingerprint density at radius 1 is 1.21 bits per heavy atom. The summed E-state index contributed by atoms with van der Waals surface area (Å²) in [5.41, 5.74) is 0.834. The Morgan fingerprint density at radius 3 is 2.50 bits per heavy atom. The molecule has 0 aliphatic heterocycles. The third-order valence-corrected chi connectivity index (χ3v) is 4.28. The van der Waals surface area contributed by atoms with Gasteiger partial charge in [-0.15, -0.1) is 0 Å². The zero-order chi connectivity index (χ0) is 10.5. The molecular formula is C7H3Cl2I2N3. The van der Waals surface area contributed by atoms with Gasteiger partial charge in [0.05, 0.1) is 15.9 Å². The highest BCUT2D eigenvalue weighted by Crippen LogP contribution is 2.33. The summed E-state index contributed by atoms with van der Waals surface area (Å²) < 4.78 is 3.23. The first-order chi connectivity index (χ1) is 6.52. The molecule has 74 valence electrons. The largest absolute Gasteiger partial charge is 0.265 e. The molecule has 14 heavy (non-hydrogen) atoms. The Morgan fingerprint density at radius 2 is 1.86 bits per heavy atom. The minimum absolute atomic E-state index is 0.450. The van der Waals surface area contributed by atoms with Gasteiger partial charge in [-0.25, -0.2) is 4.98 Å². The maximum Gasteiger partial charge on any atom is 0.142 e. The highest BCUT2D eigenvalue weighted by Gasteiger charge is 2.16. The first-order valence-electron chi connectivity index (χ1n) is 3.55. The van der Waals surface area contributed by atoms with Gasteiger partial charge in [-0.2, -0.15) is 5.10 Å². The molecule has 0 aliphatic rings. The van der Waals surface area contributed by atoms with Gasteiger partial charge in [0.2, 0.25) is 0 Å². The predicted molar refractivity (Wildman–Crippen MR) is 74.0 cm³/mol. The van der Waals surface area contributed by atoms with Crippen molar-refractivity contribution in [2.45, 2.75) is 0 Å². The Kier molecular flexibility index (Phi) is 3.12. The van der Waals surface area contributed by atoms with Crippen LogP contribution in [0.5, 0.6) is 0 Å². The van der Waals surface area contributed by atoms with Crippen LogP contribution in [0.25, 0.3) is 10.9 Å². The summed E-state index contributed by atoms with van der Waals surface area (Å²) in [4.78, 5) is 4.14. The first-order valence-corrected chi connectivity index (χ1v) is 6.46. The second-order valence-electron chi connectivity index (χ2n) is 2.65. The topological polar surface area (TPSA) is 30.7 Å². The second-order valence-corrected chi connectivity index (χ2v) is 5.43. The molecule has 0 saturated carbocycles. The molecule has 0 N–H and O–H groups in total. The maximum atomic E-state index is 6.12. The molecule has 2 aromatic heterocycles. The molecule has 0 amide bonds. The van der Waals surface area contributed by atoms with E-state index in [2.05, 4.69) is 55.3 Å². The van der Waals surface area contributed by atoms with Crippen LogP contribution in [-0.2, 0) is 7.05 Å². The van der Waals surface area contributed by atoms with Crippen molar-refractivity contribution in [3.63, 3.8) is 0 Å². The molecule has 2 rings (SSSR count). The first kappa shape index (κ1) is 11.2. The van der Waals surface area contributed by atoms with E-state index in [-0.39, 0.29) is 0 Å². The summed E-state index contributed by atoms with van der Waals surface area (Å²) in [7, 11) is 1.84. The molecule has 0 bridgehead atoms. The predicted octanol–water partition coefficient (Wildman–Crippen LogP) is 3.48. The van der Waals surface area contributed by atoms with E-state index in [4.69, 9.17) is 23.2 Å². The molecule has 2 heterocycles. The standard InChI is InChI=1S/C7H3Cl2I2N3/c1-14-4-2(6(10)13-14)5(9)12-7(11)3(4)8/h1H3. The molecular weight excluding hydrogens is 451 g/mol. The van der Waals surface area contributed by atoms with Crippen molar-refractivity contribution >= 4 is 79.3 Å². The fourth-order valence-electron chi connectivity index (χ4n) is 1.21. The normalized spacial score (nSPS) is 11.2. The van der Waals surface area contributed by atoms with Gasteiger partial charge in [0, 0.05) is 7.05 Å². The zero-order valence-corrected chi connectivity index (χ0v) is 12.7. The number of fused-ring (bicyclic) bond motifs is 1. The molecule has 0 unspecified atom stereocenters.